The molecule has 2 aromatic heterocycles. The van der Waals surface area contributed by atoms with E-state index in [1.165, 1.54) is 29.3 Å². The number of carboxylic acid groups (broad SMARTS) is 1. The Labute approximate surface area is 130 Å². The summed E-state index contributed by atoms with van der Waals surface area (Å²) in [4.78, 5) is 22.0. The molecule has 0 saturated heterocycles. The fraction of sp³-hybridized carbons (Fsp3) is 0.417. The summed E-state index contributed by atoms with van der Waals surface area (Å²) in [6.45, 7) is 3.84. The van der Waals surface area contributed by atoms with Gasteiger partial charge in [-0.05, 0) is 0 Å². The quantitative estimate of drug-likeness (QED) is 0.895. The highest BCUT2D eigenvalue weighted by Gasteiger charge is 2.18. The third kappa shape index (κ3) is 3.67. The van der Waals surface area contributed by atoms with Crippen LogP contribution in [0.15, 0.2) is 15.4 Å². The molecule has 7 nitrogen and oxygen atoms in total. The van der Waals surface area contributed by atoms with Crippen LogP contribution in [0.5, 0.6) is 0 Å². The lowest BCUT2D eigenvalue weighted by atomic mass is 10.2. The fourth-order valence-corrected chi connectivity index (χ4v) is 3.18. The largest absolute Gasteiger partial charge is 0.476 e. The first-order chi connectivity index (χ1) is 9.88. The molecule has 0 saturated carbocycles. The van der Waals surface area contributed by atoms with Gasteiger partial charge in [0.15, 0.2) is 10.0 Å². The summed E-state index contributed by atoms with van der Waals surface area (Å²) in [5, 5.41) is 18.1. The number of rotatable bonds is 5. The maximum atomic E-state index is 11.4. The van der Waals surface area contributed by atoms with Crippen molar-refractivity contribution in [1.82, 2.24) is 20.2 Å². The van der Waals surface area contributed by atoms with Crippen molar-refractivity contribution in [2.75, 3.05) is 19.0 Å². The lowest BCUT2D eigenvalue weighted by Crippen LogP contribution is -2.08. The van der Waals surface area contributed by atoms with Crippen molar-refractivity contribution in [1.29, 1.82) is 0 Å². The average Bonchev–Trinajstić information content (AvgIpc) is 2.87. The van der Waals surface area contributed by atoms with Gasteiger partial charge in [-0.1, -0.05) is 36.9 Å². The zero-order chi connectivity index (χ0) is 15.6. The zero-order valence-electron chi connectivity index (χ0n) is 12.1. The minimum Gasteiger partial charge on any atom is -0.476 e. The smallest absolute Gasteiger partial charge is 0.355 e. The topological polar surface area (TPSA) is 92.1 Å². The predicted octanol–water partition coefficient (Wildman–Crippen LogP) is 2.37. The van der Waals surface area contributed by atoms with Crippen LogP contribution in [0.2, 0.25) is 0 Å². The summed E-state index contributed by atoms with van der Waals surface area (Å²) >= 11 is 2.60. The molecule has 0 aromatic carbocycles. The highest BCUT2D eigenvalue weighted by atomic mass is 32.2. The second kappa shape index (κ2) is 6.35. The van der Waals surface area contributed by atoms with Crippen molar-refractivity contribution in [2.24, 2.45) is 0 Å². The van der Waals surface area contributed by atoms with Crippen molar-refractivity contribution < 1.29 is 9.90 Å². The summed E-state index contributed by atoms with van der Waals surface area (Å²) in [7, 11) is 3.75. The first-order valence-corrected chi connectivity index (χ1v) is 7.80. The molecular formula is C12H15N5O2S2. The molecule has 0 spiro atoms. The van der Waals surface area contributed by atoms with Crippen molar-refractivity contribution in [3.05, 3.63) is 17.7 Å². The van der Waals surface area contributed by atoms with Gasteiger partial charge >= 0.3 is 5.97 Å². The Hall–Kier alpha value is -1.74. The predicted molar refractivity (Wildman–Crippen MR) is 81.4 cm³/mol. The number of hydrogen-bond acceptors (Lipinski definition) is 8. The summed E-state index contributed by atoms with van der Waals surface area (Å²) in [6, 6.07) is 0. The maximum absolute atomic E-state index is 11.4. The molecule has 112 valence electrons. The molecule has 0 atom stereocenters. The van der Waals surface area contributed by atoms with Crippen LogP contribution in [0.1, 0.15) is 36.1 Å². The second-order valence-corrected chi connectivity index (χ2v) is 6.99. The molecule has 0 aliphatic rings. The van der Waals surface area contributed by atoms with Gasteiger partial charge in [0.1, 0.15) is 5.82 Å². The van der Waals surface area contributed by atoms with Crippen LogP contribution in [0.4, 0.5) is 5.13 Å². The third-order valence-corrected chi connectivity index (χ3v) is 4.63. The van der Waals surface area contributed by atoms with E-state index < -0.39 is 5.97 Å². The van der Waals surface area contributed by atoms with Crippen molar-refractivity contribution in [3.63, 3.8) is 0 Å². The third-order valence-electron chi connectivity index (χ3n) is 2.47. The summed E-state index contributed by atoms with van der Waals surface area (Å²) in [5.74, 6) is -0.480. The molecule has 0 aliphatic carbocycles. The van der Waals surface area contributed by atoms with Gasteiger partial charge < -0.3 is 10.0 Å². The van der Waals surface area contributed by atoms with Gasteiger partial charge in [-0.15, -0.1) is 10.2 Å². The van der Waals surface area contributed by atoms with Gasteiger partial charge in [0.25, 0.3) is 0 Å². The molecule has 0 fully saturated rings. The highest BCUT2D eigenvalue weighted by Crippen LogP contribution is 2.34. The molecule has 0 aliphatic heterocycles. The van der Waals surface area contributed by atoms with Crippen LogP contribution in [-0.4, -0.2) is 45.3 Å². The van der Waals surface area contributed by atoms with E-state index in [2.05, 4.69) is 20.2 Å². The summed E-state index contributed by atoms with van der Waals surface area (Å²) < 4.78 is 0.655. The van der Waals surface area contributed by atoms with Gasteiger partial charge in [0.2, 0.25) is 5.13 Å². The SMILES string of the molecule is CC(C)c1ncc(Sc2nnc(N(C)C)s2)c(C(=O)O)n1. The Morgan fingerprint density at radius 1 is 1.38 bits per heavy atom. The molecular weight excluding hydrogens is 310 g/mol. The Kier molecular flexibility index (Phi) is 4.73. The Morgan fingerprint density at radius 3 is 2.62 bits per heavy atom. The molecule has 2 aromatic rings. The number of carboxylic acids is 1. The lowest BCUT2D eigenvalue weighted by Gasteiger charge is -2.07. The highest BCUT2D eigenvalue weighted by molar-refractivity contribution is 8.01. The van der Waals surface area contributed by atoms with Gasteiger partial charge in [-0.3, -0.25) is 0 Å². The van der Waals surface area contributed by atoms with Gasteiger partial charge in [0.05, 0.1) is 4.90 Å². The lowest BCUT2D eigenvalue weighted by molar-refractivity contribution is 0.0685. The average molecular weight is 325 g/mol. The number of anilines is 1. The summed E-state index contributed by atoms with van der Waals surface area (Å²) in [5.41, 5.74) is 0.000281. The van der Waals surface area contributed by atoms with Crippen LogP contribution >= 0.6 is 23.1 Å². The van der Waals surface area contributed by atoms with E-state index in [0.717, 1.165) is 5.13 Å². The number of aromatic carboxylic acids is 1. The van der Waals surface area contributed by atoms with E-state index in [4.69, 9.17) is 0 Å². The minimum absolute atomic E-state index is 0.000281. The van der Waals surface area contributed by atoms with Gasteiger partial charge in [-0.25, -0.2) is 14.8 Å². The van der Waals surface area contributed by atoms with Gasteiger partial charge in [0, 0.05) is 26.2 Å². The maximum Gasteiger partial charge on any atom is 0.355 e. The Balaban J connectivity index is 2.32. The van der Waals surface area contributed by atoms with Gasteiger partial charge in [-0.2, -0.15) is 0 Å². The number of hydrogen-bond donors (Lipinski definition) is 1. The molecule has 0 radical (unpaired) electrons. The van der Waals surface area contributed by atoms with Crippen LogP contribution in [0.3, 0.4) is 0 Å². The molecule has 2 heterocycles. The molecule has 0 unspecified atom stereocenters. The van der Waals surface area contributed by atoms with E-state index in [1.807, 2.05) is 32.8 Å². The summed E-state index contributed by atoms with van der Waals surface area (Å²) in [6.07, 6.45) is 1.53. The van der Waals surface area contributed by atoms with E-state index in [-0.39, 0.29) is 11.6 Å². The minimum atomic E-state index is -1.07. The molecule has 9 heteroatoms. The van der Waals surface area contributed by atoms with Crippen LogP contribution in [0.25, 0.3) is 0 Å². The molecule has 0 amide bonds. The first-order valence-electron chi connectivity index (χ1n) is 6.17. The normalized spacial score (nSPS) is 10.9. The van der Waals surface area contributed by atoms with Crippen molar-refractivity contribution in [2.45, 2.75) is 29.0 Å². The number of carbonyl (C=O) groups is 1. The first kappa shape index (κ1) is 15.6. The number of nitrogens with zero attached hydrogens (tertiary/aromatic N) is 5. The monoisotopic (exact) mass is 325 g/mol. The van der Waals surface area contributed by atoms with E-state index >= 15 is 0 Å². The molecule has 2 rings (SSSR count). The van der Waals surface area contributed by atoms with E-state index in [0.29, 0.717) is 15.1 Å². The van der Waals surface area contributed by atoms with E-state index in [1.54, 1.807) is 0 Å². The fourth-order valence-electron chi connectivity index (χ4n) is 1.41. The standard InChI is InChI=1S/C12H15N5O2S2/c1-6(2)9-13-5-7(8(14-9)10(18)19)20-12-16-15-11(21-12)17(3)4/h5-6H,1-4H3,(H,18,19). The van der Waals surface area contributed by atoms with Crippen LogP contribution < -0.4 is 4.90 Å². The van der Waals surface area contributed by atoms with Crippen molar-refractivity contribution >= 4 is 34.2 Å². The second-order valence-electron chi connectivity index (χ2n) is 4.75. The van der Waals surface area contributed by atoms with Crippen molar-refractivity contribution in [3.8, 4) is 0 Å². The Bertz CT molecular complexity index is 657. The Morgan fingerprint density at radius 2 is 2.10 bits per heavy atom. The van der Waals surface area contributed by atoms with Crippen LogP contribution in [-0.2, 0) is 0 Å². The molecule has 21 heavy (non-hydrogen) atoms. The number of aromatic nitrogens is 4. The molecule has 0 bridgehead atoms. The van der Waals surface area contributed by atoms with Crippen LogP contribution in [0, 0.1) is 0 Å². The zero-order valence-corrected chi connectivity index (χ0v) is 13.7. The molecule has 1 N–H and O–H groups in total. The van der Waals surface area contributed by atoms with E-state index in [9.17, 15) is 9.90 Å².